The topological polar surface area (TPSA) is 51.0 Å². The third-order valence-electron chi connectivity index (χ3n) is 5.06. The number of amides is 1. The van der Waals surface area contributed by atoms with E-state index in [1.54, 1.807) is 0 Å². The van der Waals surface area contributed by atoms with Crippen LogP contribution in [0.5, 0.6) is 0 Å². The SMILES string of the molecule is [2H]C1([2H])c2ncccc2C(=O)N1Cc1c(F)cc(-c2cccc3nn(C(F)F)cc23)cc1F. The van der Waals surface area contributed by atoms with E-state index in [1.165, 1.54) is 36.5 Å². The minimum Gasteiger partial charge on any atom is -0.328 e. The van der Waals surface area contributed by atoms with Gasteiger partial charge in [-0.2, -0.15) is 13.9 Å². The summed E-state index contributed by atoms with van der Waals surface area (Å²) in [7, 11) is 0. The van der Waals surface area contributed by atoms with Crippen molar-refractivity contribution >= 4 is 16.8 Å². The van der Waals surface area contributed by atoms with E-state index in [4.69, 9.17) is 2.74 Å². The molecule has 0 radical (unpaired) electrons. The Morgan fingerprint density at radius 3 is 2.55 bits per heavy atom. The molecule has 1 amide bonds. The number of benzene rings is 2. The van der Waals surface area contributed by atoms with Crippen LogP contribution < -0.4 is 0 Å². The summed E-state index contributed by atoms with van der Waals surface area (Å²) >= 11 is 0. The van der Waals surface area contributed by atoms with Gasteiger partial charge < -0.3 is 4.90 Å². The highest BCUT2D eigenvalue weighted by Gasteiger charge is 2.29. The lowest BCUT2D eigenvalue weighted by Crippen LogP contribution is -2.24. The number of aromatic nitrogens is 3. The smallest absolute Gasteiger partial charge is 0.328 e. The maximum Gasteiger partial charge on any atom is 0.333 e. The predicted octanol–water partition coefficient (Wildman–Crippen LogP) is 4.93. The Bertz CT molecular complexity index is 1400. The van der Waals surface area contributed by atoms with Crippen molar-refractivity contribution in [1.82, 2.24) is 19.7 Å². The molecule has 0 aliphatic carbocycles. The van der Waals surface area contributed by atoms with Gasteiger partial charge in [-0.05, 0) is 41.5 Å². The normalized spacial score (nSPS) is 16.0. The van der Waals surface area contributed by atoms with Crippen molar-refractivity contribution in [2.45, 2.75) is 19.6 Å². The molecule has 2 aromatic heterocycles. The highest BCUT2D eigenvalue weighted by Crippen LogP contribution is 2.32. The molecule has 0 atom stereocenters. The molecule has 2 aromatic carbocycles. The number of carbonyl (C=O) groups is 1. The molecule has 4 aromatic rings. The lowest BCUT2D eigenvalue weighted by molar-refractivity contribution is 0.0573. The van der Waals surface area contributed by atoms with Crippen LogP contribution in [0.2, 0.25) is 0 Å². The molecule has 0 saturated heterocycles. The van der Waals surface area contributed by atoms with Gasteiger partial charge in [-0.1, -0.05) is 12.1 Å². The molecule has 5 rings (SSSR count). The molecule has 0 unspecified atom stereocenters. The zero-order valence-electron chi connectivity index (χ0n) is 17.7. The Hall–Kier alpha value is -3.75. The summed E-state index contributed by atoms with van der Waals surface area (Å²) in [5.41, 5.74) is 0.0395. The number of hydrogen-bond acceptors (Lipinski definition) is 3. The van der Waals surface area contributed by atoms with Crippen molar-refractivity contribution in [2.24, 2.45) is 0 Å². The standard InChI is InChI=1S/C22H14F4N4O/c23-17-7-12(13-3-1-5-19-15(13)10-30(28-19)22(25)26)8-18(24)16(17)9-29-11-20-14(21(29)31)4-2-6-27-20/h1-8,10,22H,9,11H2/i11D2. The molecule has 3 heterocycles. The molecule has 1 aliphatic heterocycles. The molecule has 1 aliphatic rings. The fourth-order valence-electron chi connectivity index (χ4n) is 3.58. The molecule has 31 heavy (non-hydrogen) atoms. The van der Waals surface area contributed by atoms with Gasteiger partial charge in [0.15, 0.2) is 0 Å². The van der Waals surface area contributed by atoms with Crippen LogP contribution in [0.1, 0.15) is 30.9 Å². The van der Waals surface area contributed by atoms with E-state index >= 15 is 8.78 Å². The molecule has 0 spiro atoms. The zero-order chi connectivity index (χ0) is 23.5. The first kappa shape index (κ1) is 17.0. The molecule has 9 heteroatoms. The van der Waals surface area contributed by atoms with Gasteiger partial charge >= 0.3 is 6.55 Å². The van der Waals surface area contributed by atoms with Gasteiger partial charge in [-0.25, -0.2) is 13.5 Å². The zero-order valence-corrected chi connectivity index (χ0v) is 15.7. The Labute approximate surface area is 176 Å². The number of halogens is 4. The summed E-state index contributed by atoms with van der Waals surface area (Å²) in [6, 6.07) is 9.49. The third kappa shape index (κ3) is 3.22. The quantitative estimate of drug-likeness (QED) is 0.433. The van der Waals surface area contributed by atoms with E-state index < -0.39 is 42.7 Å². The number of pyridine rings is 1. The fraction of sp³-hybridized carbons (Fsp3) is 0.136. The second-order valence-electron chi connectivity index (χ2n) is 6.95. The summed E-state index contributed by atoms with van der Waals surface area (Å²) in [4.78, 5) is 17.3. The van der Waals surface area contributed by atoms with Gasteiger partial charge in [0.25, 0.3) is 5.91 Å². The minimum atomic E-state index is -2.87. The number of fused-ring (bicyclic) bond motifs is 2. The maximum absolute atomic E-state index is 15.0. The number of rotatable bonds is 4. The number of alkyl halides is 2. The average Bonchev–Trinajstić information content (AvgIpc) is 3.29. The molecule has 0 N–H and O–H groups in total. The lowest BCUT2D eigenvalue weighted by atomic mass is 9.99. The van der Waals surface area contributed by atoms with Crippen molar-refractivity contribution < 1.29 is 25.1 Å². The summed E-state index contributed by atoms with van der Waals surface area (Å²) in [6.07, 6.45) is 2.43. The average molecular weight is 428 g/mol. The first-order valence-corrected chi connectivity index (χ1v) is 9.20. The maximum atomic E-state index is 15.0. The van der Waals surface area contributed by atoms with Crippen LogP contribution in [0.15, 0.2) is 54.9 Å². The van der Waals surface area contributed by atoms with Crippen LogP contribution in [0.25, 0.3) is 22.0 Å². The van der Waals surface area contributed by atoms with Crippen LogP contribution in [0, 0.1) is 11.6 Å². The second kappa shape index (κ2) is 7.19. The predicted molar refractivity (Wildman–Crippen MR) is 104 cm³/mol. The van der Waals surface area contributed by atoms with Crippen LogP contribution >= 0.6 is 0 Å². The van der Waals surface area contributed by atoms with E-state index in [-0.39, 0.29) is 27.7 Å². The van der Waals surface area contributed by atoms with E-state index in [9.17, 15) is 13.6 Å². The van der Waals surface area contributed by atoms with Crippen molar-refractivity contribution in [3.8, 4) is 11.1 Å². The number of hydrogen-bond donors (Lipinski definition) is 0. The summed E-state index contributed by atoms with van der Waals surface area (Å²) < 4.78 is 73.1. The molecule has 156 valence electrons. The molecule has 0 saturated carbocycles. The van der Waals surface area contributed by atoms with Crippen LogP contribution in [-0.2, 0) is 13.0 Å². The Morgan fingerprint density at radius 1 is 1.10 bits per heavy atom. The van der Waals surface area contributed by atoms with Gasteiger partial charge in [-0.15, -0.1) is 0 Å². The molecule has 0 fully saturated rings. The van der Waals surface area contributed by atoms with Gasteiger partial charge in [0.2, 0.25) is 0 Å². The second-order valence-corrected chi connectivity index (χ2v) is 6.95. The van der Waals surface area contributed by atoms with Gasteiger partial charge in [0, 0.05) is 23.3 Å². The van der Waals surface area contributed by atoms with Gasteiger partial charge in [0.05, 0.1) is 32.6 Å². The lowest BCUT2D eigenvalue weighted by Gasteiger charge is -2.17. The number of nitrogens with zero attached hydrogens (tertiary/aromatic N) is 4. The number of carbonyl (C=O) groups excluding carboxylic acids is 1. The summed E-state index contributed by atoms with van der Waals surface area (Å²) in [5.74, 6) is -2.73. The Morgan fingerprint density at radius 2 is 1.84 bits per heavy atom. The summed E-state index contributed by atoms with van der Waals surface area (Å²) in [5, 5.41) is 4.05. The van der Waals surface area contributed by atoms with E-state index in [1.807, 2.05) is 0 Å². The highest BCUT2D eigenvalue weighted by atomic mass is 19.3. The van der Waals surface area contributed by atoms with E-state index in [2.05, 4.69) is 10.1 Å². The molecule has 0 bridgehead atoms. The van der Waals surface area contributed by atoms with Crippen LogP contribution in [0.3, 0.4) is 0 Å². The largest absolute Gasteiger partial charge is 0.333 e. The van der Waals surface area contributed by atoms with Crippen molar-refractivity contribution in [3.05, 3.63) is 83.3 Å². The first-order valence-electron chi connectivity index (χ1n) is 10.2. The molecular formula is C22H14F4N4O. The molecular weight excluding hydrogens is 412 g/mol. The Balaban J connectivity index is 1.54. The van der Waals surface area contributed by atoms with Crippen molar-refractivity contribution in [2.75, 3.05) is 0 Å². The first-order chi connectivity index (χ1) is 15.7. The summed E-state index contributed by atoms with van der Waals surface area (Å²) in [6.45, 7) is -5.87. The van der Waals surface area contributed by atoms with Crippen LogP contribution in [-0.4, -0.2) is 25.6 Å². The third-order valence-corrected chi connectivity index (χ3v) is 5.06. The van der Waals surface area contributed by atoms with Crippen molar-refractivity contribution in [1.29, 1.82) is 0 Å². The fourth-order valence-corrected chi connectivity index (χ4v) is 3.58. The Kier molecular flexibility index (Phi) is 3.94. The van der Waals surface area contributed by atoms with E-state index in [0.717, 1.165) is 23.2 Å². The van der Waals surface area contributed by atoms with Crippen LogP contribution in [0.4, 0.5) is 17.6 Å². The highest BCUT2D eigenvalue weighted by molar-refractivity contribution is 5.97. The minimum absolute atomic E-state index is 0.0302. The van der Waals surface area contributed by atoms with E-state index in [0.29, 0.717) is 10.2 Å². The molecule has 5 nitrogen and oxygen atoms in total. The van der Waals surface area contributed by atoms with Crippen molar-refractivity contribution in [3.63, 3.8) is 0 Å². The van der Waals surface area contributed by atoms with Gasteiger partial charge in [0.1, 0.15) is 11.6 Å². The monoisotopic (exact) mass is 428 g/mol. The van der Waals surface area contributed by atoms with Gasteiger partial charge in [-0.3, -0.25) is 9.78 Å².